The summed E-state index contributed by atoms with van der Waals surface area (Å²) in [6.45, 7) is 2.76. The van der Waals surface area contributed by atoms with Crippen LogP contribution in [0.3, 0.4) is 0 Å². The molecule has 0 aromatic heterocycles. The van der Waals surface area contributed by atoms with Crippen LogP contribution in [0, 0.1) is 0 Å². The molecule has 1 aliphatic heterocycles. The number of likely N-dealkylation sites (N-methyl/N-ethyl adjacent to an activating group) is 1. The molecule has 1 fully saturated rings. The lowest BCUT2D eigenvalue weighted by atomic mass is 10.2. The summed E-state index contributed by atoms with van der Waals surface area (Å²) >= 11 is 12.1. The van der Waals surface area contributed by atoms with Gasteiger partial charge in [-0.3, -0.25) is 4.90 Å². The van der Waals surface area contributed by atoms with Crippen molar-refractivity contribution >= 4 is 34.9 Å². The third-order valence-electron chi connectivity index (χ3n) is 5.21. The molecule has 1 heterocycles. The van der Waals surface area contributed by atoms with Crippen LogP contribution in [0.4, 0.5) is 23.7 Å². The Hall–Kier alpha value is -2.16. The Kier molecular flexibility index (Phi) is 8.14. The van der Waals surface area contributed by atoms with Gasteiger partial charge in [0.2, 0.25) is 0 Å². The molecular weight excluding hydrogens is 466 g/mol. The number of ether oxygens (including phenoxy) is 1. The molecule has 0 spiro atoms. The van der Waals surface area contributed by atoms with Gasteiger partial charge in [-0.1, -0.05) is 29.3 Å². The lowest BCUT2D eigenvalue weighted by molar-refractivity contribution is -0.186. The number of urea groups is 1. The van der Waals surface area contributed by atoms with E-state index >= 15 is 0 Å². The zero-order valence-corrected chi connectivity index (χ0v) is 19.0. The fraction of sp³-hybridized carbons (Fsp3) is 0.409. The molecule has 1 aliphatic rings. The van der Waals surface area contributed by atoms with Crippen LogP contribution in [-0.2, 0) is 6.54 Å². The van der Waals surface area contributed by atoms with Crippen LogP contribution >= 0.6 is 23.2 Å². The van der Waals surface area contributed by atoms with Gasteiger partial charge in [-0.2, -0.15) is 8.78 Å². The number of amides is 2. The Labute approximate surface area is 195 Å². The van der Waals surface area contributed by atoms with Crippen molar-refractivity contribution in [3.05, 3.63) is 58.1 Å². The third-order valence-corrected chi connectivity index (χ3v) is 5.95. The number of nitrogens with one attached hydrogen (secondary N) is 1. The van der Waals surface area contributed by atoms with Crippen LogP contribution in [0.25, 0.3) is 0 Å². The van der Waals surface area contributed by atoms with Crippen molar-refractivity contribution in [3.8, 4) is 5.75 Å². The highest BCUT2D eigenvalue weighted by atomic mass is 35.5. The maximum absolute atomic E-state index is 13.0. The molecule has 2 amide bonds. The molecule has 2 aromatic carbocycles. The van der Waals surface area contributed by atoms with Crippen molar-refractivity contribution in [2.45, 2.75) is 32.0 Å². The number of hydrogen-bond donors (Lipinski definition) is 1. The van der Waals surface area contributed by atoms with Crippen molar-refractivity contribution < 1.29 is 22.7 Å². The van der Waals surface area contributed by atoms with Crippen molar-refractivity contribution in [2.24, 2.45) is 0 Å². The first-order chi connectivity index (χ1) is 15.2. The van der Waals surface area contributed by atoms with Crippen molar-refractivity contribution in [2.75, 3.05) is 31.6 Å². The molecule has 1 atom stereocenters. The smallest absolute Gasteiger partial charge is 0.427 e. The fourth-order valence-corrected chi connectivity index (χ4v) is 4.00. The van der Waals surface area contributed by atoms with E-state index in [2.05, 4.69) is 15.0 Å². The Morgan fingerprint density at radius 3 is 2.56 bits per heavy atom. The largest absolute Gasteiger partial charge is 0.431 e. The first-order valence-electron chi connectivity index (χ1n) is 10.2. The monoisotopic (exact) mass is 489 g/mol. The summed E-state index contributed by atoms with van der Waals surface area (Å²) in [5, 5.41) is 3.80. The summed E-state index contributed by atoms with van der Waals surface area (Å²) in [5.74, 6) is -0.188. The molecule has 3 rings (SSSR count). The molecular formula is C22H24Cl2F3N3O2. The summed E-state index contributed by atoms with van der Waals surface area (Å²) in [7, 11) is 0. The summed E-state index contributed by atoms with van der Waals surface area (Å²) in [6.07, 6.45) is -3.05. The van der Waals surface area contributed by atoms with E-state index in [0.29, 0.717) is 35.4 Å². The maximum Gasteiger partial charge on any atom is 0.427 e. The number of carbonyl (C=O) groups excluding carboxylic acids is 1. The number of halogens is 5. The lowest BCUT2D eigenvalue weighted by Crippen LogP contribution is -2.44. The van der Waals surface area contributed by atoms with E-state index < -0.39 is 12.8 Å². The fourth-order valence-electron chi connectivity index (χ4n) is 3.68. The van der Waals surface area contributed by atoms with Crippen molar-refractivity contribution in [3.63, 3.8) is 0 Å². The summed E-state index contributed by atoms with van der Waals surface area (Å²) < 4.78 is 42.5. The van der Waals surface area contributed by atoms with E-state index in [-0.39, 0.29) is 17.8 Å². The van der Waals surface area contributed by atoms with E-state index in [1.54, 1.807) is 11.0 Å². The molecule has 32 heavy (non-hydrogen) atoms. The Bertz CT molecular complexity index is 931. The Morgan fingerprint density at radius 1 is 1.22 bits per heavy atom. The summed E-state index contributed by atoms with van der Waals surface area (Å²) in [6, 6.07) is 10.7. The van der Waals surface area contributed by atoms with Gasteiger partial charge in [-0.05, 0) is 55.3 Å². The summed E-state index contributed by atoms with van der Waals surface area (Å²) in [4.78, 5) is 16.8. The first kappa shape index (κ1) is 24.5. The normalized spacial score (nSPS) is 16.8. The molecule has 1 N–H and O–H groups in total. The number of likely N-dealkylation sites (tertiary alicyclic amines) is 1. The molecule has 1 saturated heterocycles. The van der Waals surface area contributed by atoms with Crippen molar-refractivity contribution in [1.29, 1.82) is 0 Å². The number of nitrogens with zero attached hydrogens (tertiary/aromatic N) is 2. The highest BCUT2D eigenvalue weighted by molar-refractivity contribution is 6.42. The molecule has 1 unspecified atom stereocenters. The summed E-state index contributed by atoms with van der Waals surface area (Å²) in [5.41, 5.74) is 1.48. The number of carbonyl (C=O) groups is 1. The SMILES string of the molecule is CCN(C(=O)Nc1ccc(OC(F)(F)CF)cc1)C1CCN(Cc2ccc(Cl)c(Cl)c2)C1. The van der Waals surface area contributed by atoms with Gasteiger partial charge in [0.05, 0.1) is 10.0 Å². The topological polar surface area (TPSA) is 44.8 Å². The molecule has 2 aromatic rings. The Balaban J connectivity index is 1.56. The molecule has 0 saturated carbocycles. The quantitative estimate of drug-likeness (QED) is 0.489. The molecule has 10 heteroatoms. The van der Waals surface area contributed by atoms with Crippen molar-refractivity contribution in [1.82, 2.24) is 9.80 Å². The van der Waals surface area contributed by atoms with E-state index in [0.717, 1.165) is 18.5 Å². The zero-order chi connectivity index (χ0) is 23.3. The van der Waals surface area contributed by atoms with Crippen LogP contribution < -0.4 is 10.1 Å². The molecule has 0 radical (unpaired) electrons. The minimum atomic E-state index is -3.88. The second kappa shape index (κ2) is 10.6. The molecule has 0 aliphatic carbocycles. The van der Waals surface area contributed by atoms with Gasteiger partial charge in [0.1, 0.15) is 5.75 Å². The van der Waals surface area contributed by atoms with E-state index in [4.69, 9.17) is 23.2 Å². The van der Waals surface area contributed by atoms with Gasteiger partial charge in [-0.25, -0.2) is 9.18 Å². The predicted octanol–water partition coefficient (Wildman–Crippen LogP) is 6.06. The van der Waals surface area contributed by atoms with E-state index in [9.17, 15) is 18.0 Å². The Morgan fingerprint density at radius 2 is 1.94 bits per heavy atom. The van der Waals surface area contributed by atoms with Crippen LogP contribution in [0.5, 0.6) is 5.75 Å². The average molecular weight is 490 g/mol. The first-order valence-corrected chi connectivity index (χ1v) is 10.9. The highest BCUT2D eigenvalue weighted by Gasteiger charge is 2.32. The van der Waals surface area contributed by atoms with Gasteiger partial charge in [0.25, 0.3) is 0 Å². The minimum absolute atomic E-state index is 0.0358. The number of hydrogen-bond acceptors (Lipinski definition) is 3. The second-order valence-electron chi connectivity index (χ2n) is 7.54. The number of anilines is 1. The van der Waals surface area contributed by atoms with Crippen LogP contribution in [0.15, 0.2) is 42.5 Å². The van der Waals surface area contributed by atoms with Gasteiger partial charge in [-0.15, -0.1) is 0 Å². The number of alkyl halides is 3. The third kappa shape index (κ3) is 6.43. The lowest BCUT2D eigenvalue weighted by Gasteiger charge is -2.28. The van der Waals surface area contributed by atoms with E-state index in [1.165, 1.54) is 24.3 Å². The second-order valence-corrected chi connectivity index (χ2v) is 8.35. The van der Waals surface area contributed by atoms with Gasteiger partial charge < -0.3 is 15.0 Å². The van der Waals surface area contributed by atoms with Gasteiger partial charge in [0.15, 0.2) is 6.67 Å². The standard InChI is InChI=1S/C22H24Cl2F3N3O2/c1-2-30(17-9-10-29(13-17)12-15-3-8-19(23)20(24)11-15)21(31)28-16-4-6-18(7-5-16)32-22(26,27)14-25/h3-8,11,17H,2,9-10,12-14H2,1H3,(H,28,31). The maximum atomic E-state index is 13.0. The zero-order valence-electron chi connectivity index (χ0n) is 17.5. The van der Waals surface area contributed by atoms with Crippen LogP contribution in [0.2, 0.25) is 10.0 Å². The number of rotatable bonds is 8. The van der Waals surface area contributed by atoms with Gasteiger partial charge >= 0.3 is 12.1 Å². The molecule has 0 bridgehead atoms. The minimum Gasteiger partial charge on any atom is -0.431 e. The van der Waals surface area contributed by atoms with Crippen LogP contribution in [-0.4, -0.2) is 54.3 Å². The number of benzene rings is 2. The highest BCUT2D eigenvalue weighted by Crippen LogP contribution is 2.26. The van der Waals surface area contributed by atoms with Gasteiger partial charge in [0, 0.05) is 37.9 Å². The van der Waals surface area contributed by atoms with Crippen LogP contribution in [0.1, 0.15) is 18.9 Å². The molecule has 174 valence electrons. The average Bonchev–Trinajstić information content (AvgIpc) is 3.20. The van der Waals surface area contributed by atoms with E-state index in [1.807, 2.05) is 19.1 Å². The molecule has 5 nitrogen and oxygen atoms in total. The predicted molar refractivity (Wildman–Crippen MR) is 120 cm³/mol.